The Morgan fingerprint density at radius 2 is 2.53 bits per heavy atom. The second kappa shape index (κ2) is 8.22. The average Bonchev–Trinajstić information content (AvgIpc) is 2.93. The van der Waals surface area contributed by atoms with E-state index in [4.69, 9.17) is 9.47 Å². The average molecular weight is 266 g/mol. The maximum absolute atomic E-state index is 9.76. The molecule has 0 aliphatic carbocycles. The molecule has 2 N–H and O–H groups in total. The molecule has 5 heteroatoms. The lowest BCUT2D eigenvalue weighted by Gasteiger charge is -2.14. The van der Waals surface area contributed by atoms with Crippen LogP contribution in [-0.2, 0) is 16.0 Å². The third-order valence-electron chi connectivity index (χ3n) is 3.07. The van der Waals surface area contributed by atoms with E-state index in [1.54, 1.807) is 6.20 Å². The van der Waals surface area contributed by atoms with Gasteiger partial charge in [-0.25, -0.2) is 0 Å². The number of hydrogen-bond acceptors (Lipinski definition) is 5. The molecule has 0 amide bonds. The van der Waals surface area contributed by atoms with Crippen molar-refractivity contribution in [2.24, 2.45) is 0 Å². The number of pyridine rings is 1. The minimum atomic E-state index is -0.488. The molecule has 0 spiro atoms. The molecule has 0 radical (unpaired) electrons. The Labute approximate surface area is 114 Å². The van der Waals surface area contributed by atoms with Crippen LogP contribution in [0.15, 0.2) is 24.5 Å². The Kier molecular flexibility index (Phi) is 6.23. The number of nitrogens with one attached hydrogen (secondary N) is 1. The summed E-state index contributed by atoms with van der Waals surface area (Å²) in [5, 5.41) is 12.9. The first kappa shape index (κ1) is 14.4. The van der Waals surface area contributed by atoms with Gasteiger partial charge >= 0.3 is 0 Å². The molecule has 2 heterocycles. The van der Waals surface area contributed by atoms with Crippen LogP contribution in [0.1, 0.15) is 18.4 Å². The van der Waals surface area contributed by atoms with Crippen LogP contribution in [0.4, 0.5) is 0 Å². The van der Waals surface area contributed by atoms with Crippen molar-refractivity contribution in [1.29, 1.82) is 0 Å². The summed E-state index contributed by atoms with van der Waals surface area (Å²) in [6.45, 7) is 2.99. The van der Waals surface area contributed by atoms with Gasteiger partial charge in [0.05, 0.1) is 25.4 Å². The van der Waals surface area contributed by atoms with Gasteiger partial charge in [0, 0.05) is 32.1 Å². The van der Waals surface area contributed by atoms with E-state index < -0.39 is 6.10 Å². The van der Waals surface area contributed by atoms with E-state index in [2.05, 4.69) is 10.3 Å². The molecular formula is C14H22N2O3. The number of rotatable bonds is 8. The summed E-state index contributed by atoms with van der Waals surface area (Å²) in [4.78, 5) is 4.04. The van der Waals surface area contributed by atoms with E-state index >= 15 is 0 Å². The Balaban J connectivity index is 1.51. The fraction of sp³-hybridized carbons (Fsp3) is 0.643. The smallest absolute Gasteiger partial charge is 0.0897 e. The Morgan fingerprint density at radius 1 is 1.58 bits per heavy atom. The zero-order valence-corrected chi connectivity index (χ0v) is 11.1. The summed E-state index contributed by atoms with van der Waals surface area (Å²) in [6, 6.07) is 3.90. The Bertz CT molecular complexity index is 342. The molecule has 0 bridgehead atoms. The number of aliphatic hydroxyl groups is 1. The zero-order chi connectivity index (χ0) is 13.3. The van der Waals surface area contributed by atoms with Crippen molar-refractivity contribution in [2.45, 2.75) is 31.6 Å². The predicted molar refractivity (Wildman–Crippen MR) is 71.7 cm³/mol. The standard InChI is InChI=1S/C14H22N2O3/c17-13(10-18-11-14-4-2-6-19-14)9-16-8-12-3-1-5-15-7-12/h1,3,5,7,13-14,16-17H,2,4,6,8-11H2. The van der Waals surface area contributed by atoms with Crippen molar-refractivity contribution in [3.05, 3.63) is 30.1 Å². The largest absolute Gasteiger partial charge is 0.389 e. The predicted octanol–water partition coefficient (Wildman–Crippen LogP) is 0.728. The molecule has 1 fully saturated rings. The van der Waals surface area contributed by atoms with Crippen molar-refractivity contribution in [3.8, 4) is 0 Å². The minimum absolute atomic E-state index is 0.218. The van der Waals surface area contributed by atoms with E-state index in [9.17, 15) is 5.11 Å². The highest BCUT2D eigenvalue weighted by atomic mass is 16.5. The van der Waals surface area contributed by atoms with Crippen LogP contribution < -0.4 is 5.32 Å². The van der Waals surface area contributed by atoms with Gasteiger partial charge in [0.1, 0.15) is 0 Å². The second-order valence-corrected chi connectivity index (χ2v) is 4.82. The van der Waals surface area contributed by atoms with Gasteiger partial charge in [-0.05, 0) is 24.5 Å². The van der Waals surface area contributed by atoms with E-state index in [0.717, 1.165) is 25.0 Å². The Hall–Kier alpha value is -1.01. The molecule has 0 saturated carbocycles. The van der Waals surface area contributed by atoms with Gasteiger partial charge in [-0.1, -0.05) is 6.07 Å². The number of aromatic nitrogens is 1. The van der Waals surface area contributed by atoms with Gasteiger partial charge in [0.2, 0.25) is 0 Å². The number of aliphatic hydroxyl groups excluding tert-OH is 1. The summed E-state index contributed by atoms with van der Waals surface area (Å²) in [5.74, 6) is 0. The van der Waals surface area contributed by atoms with E-state index in [1.165, 1.54) is 0 Å². The summed E-state index contributed by atoms with van der Waals surface area (Å²) >= 11 is 0. The van der Waals surface area contributed by atoms with Gasteiger partial charge < -0.3 is 19.9 Å². The Morgan fingerprint density at radius 3 is 3.26 bits per heavy atom. The highest BCUT2D eigenvalue weighted by Gasteiger charge is 2.15. The molecule has 106 valence electrons. The highest BCUT2D eigenvalue weighted by Crippen LogP contribution is 2.11. The molecule has 1 aliphatic heterocycles. The molecule has 1 aliphatic rings. The molecule has 1 saturated heterocycles. The van der Waals surface area contributed by atoms with Crippen molar-refractivity contribution in [2.75, 3.05) is 26.4 Å². The lowest BCUT2D eigenvalue weighted by molar-refractivity contribution is -0.0164. The van der Waals surface area contributed by atoms with Gasteiger partial charge in [-0.15, -0.1) is 0 Å². The van der Waals surface area contributed by atoms with Crippen LogP contribution in [0.2, 0.25) is 0 Å². The zero-order valence-electron chi connectivity index (χ0n) is 11.1. The normalized spacial score (nSPS) is 20.6. The number of hydrogen-bond donors (Lipinski definition) is 2. The lowest BCUT2D eigenvalue weighted by atomic mass is 10.2. The first-order valence-corrected chi connectivity index (χ1v) is 6.81. The summed E-state index contributed by atoms with van der Waals surface area (Å²) in [6.07, 6.45) is 5.47. The summed E-state index contributed by atoms with van der Waals surface area (Å²) < 4.78 is 10.9. The van der Waals surface area contributed by atoms with Crippen molar-refractivity contribution in [1.82, 2.24) is 10.3 Å². The highest BCUT2D eigenvalue weighted by molar-refractivity contribution is 5.07. The molecule has 2 atom stereocenters. The fourth-order valence-electron chi connectivity index (χ4n) is 2.06. The van der Waals surface area contributed by atoms with Gasteiger partial charge in [-0.3, -0.25) is 4.98 Å². The van der Waals surface area contributed by atoms with Crippen LogP contribution in [0.5, 0.6) is 0 Å². The molecule has 19 heavy (non-hydrogen) atoms. The van der Waals surface area contributed by atoms with Gasteiger partial charge in [0.25, 0.3) is 0 Å². The SMILES string of the molecule is OC(CNCc1cccnc1)COCC1CCCO1. The van der Waals surface area contributed by atoms with Crippen molar-refractivity contribution < 1.29 is 14.6 Å². The van der Waals surface area contributed by atoms with Crippen LogP contribution >= 0.6 is 0 Å². The van der Waals surface area contributed by atoms with Crippen LogP contribution in [-0.4, -0.2) is 48.7 Å². The third kappa shape index (κ3) is 5.65. The first-order chi connectivity index (χ1) is 9.34. The molecule has 5 nitrogen and oxygen atoms in total. The van der Waals surface area contributed by atoms with Gasteiger partial charge in [-0.2, -0.15) is 0 Å². The first-order valence-electron chi connectivity index (χ1n) is 6.81. The molecular weight excluding hydrogens is 244 g/mol. The summed E-state index contributed by atoms with van der Waals surface area (Å²) in [7, 11) is 0. The lowest BCUT2D eigenvalue weighted by Crippen LogP contribution is -2.31. The molecule has 0 aromatic carbocycles. The molecule has 2 unspecified atom stereocenters. The fourth-order valence-corrected chi connectivity index (χ4v) is 2.06. The number of nitrogens with zero attached hydrogens (tertiary/aromatic N) is 1. The van der Waals surface area contributed by atoms with E-state index in [1.807, 2.05) is 18.3 Å². The topological polar surface area (TPSA) is 63.6 Å². The molecule has 1 aromatic heterocycles. The van der Waals surface area contributed by atoms with E-state index in [0.29, 0.717) is 26.3 Å². The van der Waals surface area contributed by atoms with Crippen LogP contribution in [0.3, 0.4) is 0 Å². The van der Waals surface area contributed by atoms with Crippen molar-refractivity contribution in [3.63, 3.8) is 0 Å². The minimum Gasteiger partial charge on any atom is -0.389 e. The van der Waals surface area contributed by atoms with E-state index in [-0.39, 0.29) is 6.10 Å². The third-order valence-corrected chi connectivity index (χ3v) is 3.07. The maximum Gasteiger partial charge on any atom is 0.0897 e. The molecule has 1 aromatic rings. The number of ether oxygens (including phenoxy) is 2. The van der Waals surface area contributed by atoms with Crippen molar-refractivity contribution >= 4 is 0 Å². The maximum atomic E-state index is 9.76. The molecule has 2 rings (SSSR count). The van der Waals surface area contributed by atoms with Crippen LogP contribution in [0.25, 0.3) is 0 Å². The van der Waals surface area contributed by atoms with Crippen LogP contribution in [0, 0.1) is 0 Å². The van der Waals surface area contributed by atoms with Gasteiger partial charge in [0.15, 0.2) is 0 Å². The quantitative estimate of drug-likeness (QED) is 0.726. The monoisotopic (exact) mass is 266 g/mol. The summed E-state index contributed by atoms with van der Waals surface area (Å²) in [5.41, 5.74) is 1.11. The second-order valence-electron chi connectivity index (χ2n) is 4.82.